The maximum atomic E-state index is 10.7. The highest BCUT2D eigenvalue weighted by Gasteiger charge is 2.06. The molecule has 0 N–H and O–H groups in total. The highest BCUT2D eigenvalue weighted by atomic mass is 16.5. The number of ether oxygens (including phenoxy) is 2. The van der Waals surface area contributed by atoms with Crippen molar-refractivity contribution in [3.63, 3.8) is 0 Å². The number of hydrogen-bond donors (Lipinski definition) is 0. The van der Waals surface area contributed by atoms with Gasteiger partial charge in [0.2, 0.25) is 0 Å². The zero-order valence-electron chi connectivity index (χ0n) is 9.42. The molecule has 0 aliphatic carbocycles. The normalized spacial score (nSPS) is 9.71. The van der Waals surface area contributed by atoms with Crippen LogP contribution in [-0.4, -0.2) is 13.4 Å². The molecule has 2 aromatic carbocycles. The van der Waals surface area contributed by atoms with E-state index in [4.69, 9.17) is 9.47 Å². The van der Waals surface area contributed by atoms with Crippen molar-refractivity contribution in [2.45, 2.75) is 0 Å². The Bertz CT molecular complexity index is 506. The summed E-state index contributed by atoms with van der Waals surface area (Å²) in [5.41, 5.74) is 0.553. The molecule has 0 aliphatic rings. The van der Waals surface area contributed by atoms with Crippen LogP contribution in [-0.2, 0) is 0 Å². The lowest BCUT2D eigenvalue weighted by molar-refractivity contribution is 0.112. The van der Waals surface area contributed by atoms with Crippen LogP contribution >= 0.6 is 0 Å². The summed E-state index contributed by atoms with van der Waals surface area (Å²) in [6.45, 7) is 0. The molecule has 3 heteroatoms. The van der Waals surface area contributed by atoms with Crippen LogP contribution < -0.4 is 9.47 Å². The van der Waals surface area contributed by atoms with E-state index in [9.17, 15) is 4.79 Å². The van der Waals surface area contributed by atoms with Gasteiger partial charge in [0.05, 0.1) is 7.11 Å². The van der Waals surface area contributed by atoms with Gasteiger partial charge >= 0.3 is 0 Å². The van der Waals surface area contributed by atoms with E-state index in [1.165, 1.54) is 0 Å². The van der Waals surface area contributed by atoms with Gasteiger partial charge in [-0.1, -0.05) is 18.2 Å². The van der Waals surface area contributed by atoms with Crippen LogP contribution in [0.5, 0.6) is 17.2 Å². The monoisotopic (exact) mass is 228 g/mol. The van der Waals surface area contributed by atoms with Crippen LogP contribution in [0.1, 0.15) is 10.4 Å². The first-order valence-corrected chi connectivity index (χ1v) is 5.19. The quantitative estimate of drug-likeness (QED) is 0.753. The lowest BCUT2D eigenvalue weighted by Gasteiger charge is -2.10. The van der Waals surface area contributed by atoms with E-state index in [0.717, 1.165) is 6.29 Å². The minimum Gasteiger partial charge on any atom is -0.493 e. The Morgan fingerprint density at radius 2 is 1.76 bits per heavy atom. The molecule has 0 aliphatic heterocycles. The number of aldehydes is 1. The van der Waals surface area contributed by atoms with Crippen molar-refractivity contribution in [1.29, 1.82) is 0 Å². The predicted molar refractivity (Wildman–Crippen MR) is 64.9 cm³/mol. The zero-order valence-corrected chi connectivity index (χ0v) is 9.42. The molecule has 0 saturated heterocycles. The number of benzene rings is 2. The lowest BCUT2D eigenvalue weighted by Crippen LogP contribution is -1.91. The first-order valence-electron chi connectivity index (χ1n) is 5.19. The molecule has 0 spiro atoms. The highest BCUT2D eigenvalue weighted by molar-refractivity contribution is 5.76. The van der Waals surface area contributed by atoms with Gasteiger partial charge in [-0.05, 0) is 30.3 Å². The van der Waals surface area contributed by atoms with Crippen LogP contribution in [0.2, 0.25) is 0 Å². The molecule has 0 atom stereocenters. The molecule has 0 heterocycles. The fraction of sp³-hybridized carbons (Fsp3) is 0.0714. The number of hydrogen-bond acceptors (Lipinski definition) is 3. The zero-order chi connectivity index (χ0) is 12.1. The Hall–Kier alpha value is -2.29. The summed E-state index contributed by atoms with van der Waals surface area (Å²) in [6, 6.07) is 14.4. The van der Waals surface area contributed by atoms with E-state index in [1.54, 1.807) is 25.3 Å². The minimum atomic E-state index is 0.531. The van der Waals surface area contributed by atoms with E-state index in [1.807, 2.05) is 30.3 Å². The smallest absolute Gasteiger partial charge is 0.169 e. The summed E-state index contributed by atoms with van der Waals surface area (Å²) in [5, 5.41) is 0. The van der Waals surface area contributed by atoms with E-state index < -0.39 is 0 Å². The van der Waals surface area contributed by atoms with Gasteiger partial charge in [0.1, 0.15) is 12.0 Å². The molecule has 0 unspecified atom stereocenters. The van der Waals surface area contributed by atoms with Crippen LogP contribution in [0.4, 0.5) is 0 Å². The van der Waals surface area contributed by atoms with Gasteiger partial charge in [0.25, 0.3) is 0 Å². The second-order valence-electron chi connectivity index (χ2n) is 3.44. The maximum absolute atomic E-state index is 10.7. The molecule has 0 bridgehead atoms. The third kappa shape index (κ3) is 2.64. The molecule has 0 saturated carbocycles. The number of methoxy groups -OCH3 is 1. The second-order valence-corrected chi connectivity index (χ2v) is 3.44. The Morgan fingerprint density at radius 1 is 1.00 bits per heavy atom. The third-order valence-corrected chi connectivity index (χ3v) is 2.29. The molecule has 86 valence electrons. The van der Waals surface area contributed by atoms with Gasteiger partial charge in [-0.3, -0.25) is 4.79 Å². The molecule has 0 amide bonds. The van der Waals surface area contributed by atoms with E-state index in [2.05, 4.69) is 0 Å². The van der Waals surface area contributed by atoms with E-state index >= 15 is 0 Å². The summed E-state index contributed by atoms with van der Waals surface area (Å²) in [7, 11) is 1.56. The Kier molecular flexibility index (Phi) is 3.40. The van der Waals surface area contributed by atoms with Crippen molar-refractivity contribution < 1.29 is 14.3 Å². The van der Waals surface area contributed by atoms with Gasteiger partial charge < -0.3 is 9.47 Å². The summed E-state index contributed by atoms with van der Waals surface area (Å²) >= 11 is 0. The average Bonchev–Trinajstić information content (AvgIpc) is 2.40. The molecule has 0 aromatic heterocycles. The number of carbonyl (C=O) groups is 1. The fourth-order valence-corrected chi connectivity index (χ4v) is 1.46. The summed E-state index contributed by atoms with van der Waals surface area (Å²) < 4.78 is 10.8. The van der Waals surface area contributed by atoms with Crippen molar-refractivity contribution in [3.05, 3.63) is 54.1 Å². The van der Waals surface area contributed by atoms with Crippen LogP contribution in [0, 0.1) is 0 Å². The molecule has 3 nitrogen and oxygen atoms in total. The standard InChI is InChI=1S/C14H12O3/c1-16-13-8-7-11(10-15)9-14(13)17-12-5-3-2-4-6-12/h2-10H,1H3. The van der Waals surface area contributed by atoms with Gasteiger partial charge in [-0.2, -0.15) is 0 Å². The molecule has 17 heavy (non-hydrogen) atoms. The van der Waals surface area contributed by atoms with Crippen molar-refractivity contribution in [2.24, 2.45) is 0 Å². The van der Waals surface area contributed by atoms with Gasteiger partial charge in [0.15, 0.2) is 11.5 Å². The minimum absolute atomic E-state index is 0.531. The predicted octanol–water partition coefficient (Wildman–Crippen LogP) is 3.30. The first kappa shape index (κ1) is 11.2. The van der Waals surface area contributed by atoms with E-state index in [0.29, 0.717) is 22.8 Å². The van der Waals surface area contributed by atoms with Gasteiger partial charge in [-0.25, -0.2) is 0 Å². The van der Waals surface area contributed by atoms with Crippen LogP contribution in [0.25, 0.3) is 0 Å². The second kappa shape index (κ2) is 5.16. The third-order valence-electron chi connectivity index (χ3n) is 2.29. The first-order chi connectivity index (χ1) is 8.33. The molecule has 2 rings (SSSR count). The molecular formula is C14H12O3. The molecule has 0 fully saturated rings. The summed E-state index contributed by atoms with van der Waals surface area (Å²) in [4.78, 5) is 10.7. The Balaban J connectivity index is 2.33. The van der Waals surface area contributed by atoms with Crippen LogP contribution in [0.3, 0.4) is 0 Å². The number of rotatable bonds is 4. The van der Waals surface area contributed by atoms with Crippen LogP contribution in [0.15, 0.2) is 48.5 Å². The van der Waals surface area contributed by atoms with Gasteiger partial charge in [0, 0.05) is 5.56 Å². The number of para-hydroxylation sites is 1. The molecular weight excluding hydrogens is 216 g/mol. The van der Waals surface area contributed by atoms with Crippen molar-refractivity contribution in [2.75, 3.05) is 7.11 Å². The van der Waals surface area contributed by atoms with Crippen molar-refractivity contribution in [3.8, 4) is 17.2 Å². The lowest BCUT2D eigenvalue weighted by atomic mass is 10.2. The van der Waals surface area contributed by atoms with Crippen molar-refractivity contribution >= 4 is 6.29 Å². The fourth-order valence-electron chi connectivity index (χ4n) is 1.46. The molecule has 0 radical (unpaired) electrons. The maximum Gasteiger partial charge on any atom is 0.169 e. The number of carbonyl (C=O) groups excluding carboxylic acids is 1. The average molecular weight is 228 g/mol. The SMILES string of the molecule is COc1ccc(C=O)cc1Oc1ccccc1. The highest BCUT2D eigenvalue weighted by Crippen LogP contribution is 2.31. The topological polar surface area (TPSA) is 35.5 Å². The van der Waals surface area contributed by atoms with Gasteiger partial charge in [-0.15, -0.1) is 0 Å². The summed E-state index contributed by atoms with van der Waals surface area (Å²) in [5.74, 6) is 1.83. The van der Waals surface area contributed by atoms with E-state index in [-0.39, 0.29) is 0 Å². The Morgan fingerprint density at radius 3 is 2.41 bits per heavy atom. The molecule has 2 aromatic rings. The summed E-state index contributed by atoms with van der Waals surface area (Å²) in [6.07, 6.45) is 0.775. The van der Waals surface area contributed by atoms with Crippen molar-refractivity contribution in [1.82, 2.24) is 0 Å². The largest absolute Gasteiger partial charge is 0.493 e. The Labute approximate surface area is 99.6 Å².